The Morgan fingerprint density at radius 2 is 1.85 bits per heavy atom. The fraction of sp³-hybridized carbons (Fsp3) is 0.429. The van der Waals surface area contributed by atoms with Crippen LogP contribution in [-0.4, -0.2) is 29.2 Å². The number of hydrogen-bond acceptors (Lipinski definition) is 4. The van der Waals surface area contributed by atoms with E-state index in [1.807, 2.05) is 43.5 Å². The molecule has 1 aliphatic rings. The maximum absolute atomic E-state index is 12.3. The number of pyridine rings is 1. The minimum Gasteiger partial charge on any atom is -0.357 e. The summed E-state index contributed by atoms with van der Waals surface area (Å²) >= 11 is 1.58. The molecule has 0 saturated carbocycles. The zero-order valence-corrected chi connectivity index (χ0v) is 16.2. The van der Waals surface area contributed by atoms with Crippen LogP contribution in [0.4, 0.5) is 5.82 Å². The van der Waals surface area contributed by atoms with Gasteiger partial charge in [-0.2, -0.15) is 0 Å². The van der Waals surface area contributed by atoms with Crippen molar-refractivity contribution >= 4 is 23.5 Å². The fourth-order valence-electron chi connectivity index (χ4n) is 3.10. The number of anilines is 1. The number of nitrogens with one attached hydrogen (secondary N) is 1. The highest BCUT2D eigenvalue weighted by molar-refractivity contribution is 8.00. The Labute approximate surface area is 160 Å². The van der Waals surface area contributed by atoms with E-state index in [4.69, 9.17) is 0 Å². The molecule has 2 aromatic rings. The average Bonchev–Trinajstić information content (AvgIpc) is 2.97. The summed E-state index contributed by atoms with van der Waals surface area (Å²) in [6, 6.07) is 14.2. The highest BCUT2D eigenvalue weighted by atomic mass is 32.2. The maximum Gasteiger partial charge on any atom is 0.233 e. The lowest BCUT2D eigenvalue weighted by atomic mass is 10.2. The summed E-state index contributed by atoms with van der Waals surface area (Å²) in [5, 5.41) is 2.89. The first kappa shape index (κ1) is 18.8. The van der Waals surface area contributed by atoms with Crippen molar-refractivity contribution in [2.24, 2.45) is 0 Å². The van der Waals surface area contributed by atoms with Crippen molar-refractivity contribution in [1.29, 1.82) is 0 Å². The van der Waals surface area contributed by atoms with Gasteiger partial charge in [0, 0.05) is 30.7 Å². The summed E-state index contributed by atoms with van der Waals surface area (Å²) in [7, 11) is 0. The monoisotopic (exact) mass is 369 g/mol. The molecular weight excluding hydrogens is 342 g/mol. The minimum absolute atomic E-state index is 0.0513. The second kappa shape index (κ2) is 9.62. The van der Waals surface area contributed by atoms with Crippen molar-refractivity contribution in [3.05, 3.63) is 54.2 Å². The molecule has 1 N–H and O–H groups in total. The van der Waals surface area contributed by atoms with Crippen molar-refractivity contribution in [3.63, 3.8) is 0 Å². The maximum atomic E-state index is 12.3. The predicted molar refractivity (Wildman–Crippen MR) is 109 cm³/mol. The number of nitrogens with zero attached hydrogens (tertiary/aromatic N) is 2. The van der Waals surface area contributed by atoms with Gasteiger partial charge in [-0.05, 0) is 43.5 Å². The van der Waals surface area contributed by atoms with E-state index in [2.05, 4.69) is 27.3 Å². The zero-order chi connectivity index (χ0) is 18.2. The van der Waals surface area contributed by atoms with Crippen LogP contribution in [0.3, 0.4) is 0 Å². The molecule has 0 aliphatic carbocycles. The average molecular weight is 370 g/mol. The van der Waals surface area contributed by atoms with Crippen molar-refractivity contribution in [1.82, 2.24) is 10.3 Å². The smallest absolute Gasteiger partial charge is 0.233 e. The number of thioether (sulfide) groups is 1. The van der Waals surface area contributed by atoms with Gasteiger partial charge in [0.2, 0.25) is 5.91 Å². The van der Waals surface area contributed by atoms with E-state index in [-0.39, 0.29) is 11.2 Å². The molecule has 1 aliphatic heterocycles. The van der Waals surface area contributed by atoms with Crippen LogP contribution in [0.15, 0.2) is 53.6 Å². The van der Waals surface area contributed by atoms with Gasteiger partial charge in [0.15, 0.2) is 0 Å². The summed E-state index contributed by atoms with van der Waals surface area (Å²) < 4.78 is 0. The number of amides is 1. The van der Waals surface area contributed by atoms with Gasteiger partial charge in [-0.1, -0.05) is 37.1 Å². The molecule has 3 rings (SSSR count). The molecule has 2 heterocycles. The van der Waals surface area contributed by atoms with Crippen LogP contribution in [0.5, 0.6) is 0 Å². The molecule has 1 saturated heterocycles. The molecule has 1 atom stereocenters. The molecule has 0 unspecified atom stereocenters. The standard InChI is InChI=1S/C21H27N3OS/c1-17(26-19-9-5-4-6-10-19)21(25)23-16-18-11-12-20(22-15-18)24-13-7-2-3-8-14-24/h4-6,9-12,15,17H,2-3,7-8,13-14,16H2,1H3,(H,23,25)/t17-/m0/s1. The van der Waals surface area contributed by atoms with Gasteiger partial charge in [0.05, 0.1) is 5.25 Å². The summed E-state index contributed by atoms with van der Waals surface area (Å²) in [5.74, 6) is 1.10. The fourth-order valence-corrected chi connectivity index (χ4v) is 4.01. The minimum atomic E-state index is -0.123. The molecule has 0 radical (unpaired) electrons. The van der Waals surface area contributed by atoms with E-state index in [0.717, 1.165) is 29.4 Å². The molecule has 4 nitrogen and oxygen atoms in total. The molecule has 5 heteroatoms. The summed E-state index contributed by atoms with van der Waals surface area (Å²) in [4.78, 5) is 20.4. The number of aromatic nitrogens is 1. The molecule has 26 heavy (non-hydrogen) atoms. The third-order valence-electron chi connectivity index (χ3n) is 4.63. The molecule has 0 spiro atoms. The van der Waals surface area contributed by atoms with Gasteiger partial charge in [-0.15, -0.1) is 11.8 Å². The van der Waals surface area contributed by atoms with Crippen molar-refractivity contribution in [2.75, 3.05) is 18.0 Å². The van der Waals surface area contributed by atoms with Crippen molar-refractivity contribution in [3.8, 4) is 0 Å². The molecule has 1 aromatic carbocycles. The van der Waals surface area contributed by atoms with Crippen molar-refractivity contribution in [2.45, 2.75) is 49.3 Å². The van der Waals surface area contributed by atoms with E-state index in [1.165, 1.54) is 25.7 Å². The van der Waals surface area contributed by atoms with E-state index in [1.54, 1.807) is 11.8 Å². The Kier molecular flexibility index (Phi) is 6.95. The first-order valence-electron chi connectivity index (χ1n) is 9.41. The van der Waals surface area contributed by atoms with Crippen molar-refractivity contribution < 1.29 is 4.79 Å². The quantitative estimate of drug-likeness (QED) is 0.773. The van der Waals surface area contributed by atoms with Gasteiger partial charge >= 0.3 is 0 Å². The summed E-state index contributed by atoms with van der Waals surface area (Å²) in [6.07, 6.45) is 7.02. The number of rotatable bonds is 6. The lowest BCUT2D eigenvalue weighted by Gasteiger charge is -2.21. The summed E-state index contributed by atoms with van der Waals surface area (Å²) in [6.45, 7) is 4.65. The SMILES string of the molecule is C[C@H](Sc1ccccc1)C(=O)NCc1ccc(N2CCCCCC2)nc1. The topological polar surface area (TPSA) is 45.2 Å². The largest absolute Gasteiger partial charge is 0.357 e. The Morgan fingerprint density at radius 3 is 2.50 bits per heavy atom. The third kappa shape index (κ3) is 5.49. The number of carbonyl (C=O) groups excluding carboxylic acids is 1. The van der Waals surface area contributed by atoms with Gasteiger partial charge in [0.25, 0.3) is 0 Å². The first-order valence-corrected chi connectivity index (χ1v) is 10.3. The van der Waals surface area contributed by atoms with Gasteiger partial charge in [-0.3, -0.25) is 4.79 Å². The lowest BCUT2D eigenvalue weighted by molar-refractivity contribution is -0.120. The first-order chi connectivity index (χ1) is 12.7. The second-order valence-corrected chi connectivity index (χ2v) is 8.13. The molecule has 1 fully saturated rings. The van der Waals surface area contributed by atoms with Gasteiger partial charge in [0.1, 0.15) is 5.82 Å². The predicted octanol–water partition coefficient (Wildman–Crippen LogP) is 4.26. The normalized spacial score (nSPS) is 16.0. The van der Waals surface area contributed by atoms with Crippen LogP contribution in [0, 0.1) is 0 Å². The third-order valence-corrected chi connectivity index (χ3v) is 5.74. The zero-order valence-electron chi connectivity index (χ0n) is 15.4. The molecular formula is C21H27N3OS. The summed E-state index contributed by atoms with van der Waals surface area (Å²) in [5.41, 5.74) is 1.04. The van der Waals surface area contributed by atoms with E-state index < -0.39 is 0 Å². The Hall–Kier alpha value is -2.01. The van der Waals surface area contributed by atoms with E-state index in [9.17, 15) is 4.79 Å². The molecule has 0 bridgehead atoms. The number of carbonyl (C=O) groups is 1. The van der Waals surface area contributed by atoms with Crippen LogP contribution >= 0.6 is 11.8 Å². The highest BCUT2D eigenvalue weighted by Gasteiger charge is 2.14. The van der Waals surface area contributed by atoms with Crippen LogP contribution in [0.1, 0.15) is 38.2 Å². The van der Waals surface area contributed by atoms with Crippen LogP contribution in [0.25, 0.3) is 0 Å². The molecule has 138 valence electrons. The lowest BCUT2D eigenvalue weighted by Crippen LogP contribution is -2.30. The number of benzene rings is 1. The van der Waals surface area contributed by atoms with E-state index >= 15 is 0 Å². The Bertz CT molecular complexity index is 682. The van der Waals surface area contributed by atoms with Crippen LogP contribution in [0.2, 0.25) is 0 Å². The van der Waals surface area contributed by atoms with E-state index in [0.29, 0.717) is 6.54 Å². The van der Waals surface area contributed by atoms with Crippen LogP contribution in [-0.2, 0) is 11.3 Å². The Balaban J connectivity index is 1.48. The molecule has 1 aromatic heterocycles. The van der Waals surface area contributed by atoms with Crippen LogP contribution < -0.4 is 10.2 Å². The van der Waals surface area contributed by atoms with Gasteiger partial charge in [-0.25, -0.2) is 4.98 Å². The molecule has 1 amide bonds. The second-order valence-electron chi connectivity index (χ2n) is 6.72. The Morgan fingerprint density at radius 1 is 1.12 bits per heavy atom. The number of hydrogen-bond donors (Lipinski definition) is 1. The highest BCUT2D eigenvalue weighted by Crippen LogP contribution is 2.23. The van der Waals surface area contributed by atoms with Gasteiger partial charge < -0.3 is 10.2 Å².